The third kappa shape index (κ3) is 3.43. The summed E-state index contributed by atoms with van der Waals surface area (Å²) in [5, 5.41) is 0. The smallest absolute Gasteiger partial charge is 0.350 e. The SMILES string of the molecule is CCOC(=O)c1sc(-c2cc(Br)ccc2I)c(CC)c1N. The van der Waals surface area contributed by atoms with Crippen LogP contribution < -0.4 is 5.73 Å². The summed E-state index contributed by atoms with van der Waals surface area (Å²) in [7, 11) is 0. The van der Waals surface area contributed by atoms with Crippen molar-refractivity contribution in [2.24, 2.45) is 0 Å². The van der Waals surface area contributed by atoms with Gasteiger partial charge in [0.1, 0.15) is 4.88 Å². The predicted octanol–water partition coefficient (Wildman–Crippen LogP) is 5.10. The first-order valence-electron chi connectivity index (χ1n) is 6.53. The highest BCUT2D eigenvalue weighted by Gasteiger charge is 2.22. The molecule has 0 aliphatic heterocycles. The fraction of sp³-hybridized carbons (Fsp3) is 0.267. The summed E-state index contributed by atoms with van der Waals surface area (Å²) >= 11 is 7.20. The van der Waals surface area contributed by atoms with E-state index in [1.54, 1.807) is 6.92 Å². The van der Waals surface area contributed by atoms with Gasteiger partial charge in [-0.15, -0.1) is 11.3 Å². The summed E-state index contributed by atoms with van der Waals surface area (Å²) in [5.74, 6) is -0.342. The molecule has 0 unspecified atom stereocenters. The molecule has 0 aliphatic carbocycles. The van der Waals surface area contributed by atoms with Gasteiger partial charge >= 0.3 is 5.97 Å². The Morgan fingerprint density at radius 2 is 2.14 bits per heavy atom. The van der Waals surface area contributed by atoms with E-state index >= 15 is 0 Å². The van der Waals surface area contributed by atoms with E-state index in [0.29, 0.717) is 17.2 Å². The van der Waals surface area contributed by atoms with Crippen molar-refractivity contribution >= 4 is 61.5 Å². The highest BCUT2D eigenvalue weighted by Crippen LogP contribution is 2.41. The second-order valence-corrected chi connectivity index (χ2v) is 7.45. The van der Waals surface area contributed by atoms with Crippen molar-refractivity contribution < 1.29 is 9.53 Å². The van der Waals surface area contributed by atoms with Gasteiger partial charge in [0.25, 0.3) is 0 Å². The summed E-state index contributed by atoms with van der Waals surface area (Å²) < 4.78 is 7.22. The molecule has 0 radical (unpaired) electrons. The average molecular weight is 480 g/mol. The number of rotatable bonds is 4. The van der Waals surface area contributed by atoms with Crippen molar-refractivity contribution in [3.63, 3.8) is 0 Å². The number of hydrogen-bond acceptors (Lipinski definition) is 4. The minimum absolute atomic E-state index is 0.342. The molecule has 21 heavy (non-hydrogen) atoms. The van der Waals surface area contributed by atoms with Crippen LogP contribution in [0.3, 0.4) is 0 Å². The molecule has 1 heterocycles. The summed E-state index contributed by atoms with van der Waals surface area (Å²) in [5.41, 5.74) is 8.82. The number of nitrogen functional groups attached to an aromatic ring is 1. The molecular weight excluding hydrogens is 465 g/mol. The second-order valence-electron chi connectivity index (χ2n) is 4.35. The Kier molecular flexibility index (Phi) is 5.67. The molecule has 1 aromatic carbocycles. The lowest BCUT2D eigenvalue weighted by Gasteiger charge is -2.06. The molecule has 2 N–H and O–H groups in total. The van der Waals surface area contributed by atoms with Crippen LogP contribution in [0.1, 0.15) is 29.1 Å². The maximum atomic E-state index is 12.0. The van der Waals surface area contributed by atoms with Crippen LogP contribution >= 0.6 is 49.9 Å². The summed E-state index contributed by atoms with van der Waals surface area (Å²) in [6.07, 6.45) is 0.777. The molecule has 0 bridgehead atoms. The Morgan fingerprint density at radius 3 is 2.76 bits per heavy atom. The van der Waals surface area contributed by atoms with E-state index < -0.39 is 0 Å². The van der Waals surface area contributed by atoms with Crippen molar-refractivity contribution in [1.82, 2.24) is 0 Å². The van der Waals surface area contributed by atoms with Crippen LogP contribution in [-0.2, 0) is 11.2 Å². The Bertz CT molecular complexity index is 685. The molecule has 0 fully saturated rings. The maximum Gasteiger partial charge on any atom is 0.350 e. The van der Waals surface area contributed by atoms with Crippen LogP contribution in [0.5, 0.6) is 0 Å². The average Bonchev–Trinajstić information content (AvgIpc) is 2.78. The summed E-state index contributed by atoms with van der Waals surface area (Å²) in [6, 6.07) is 6.10. The molecule has 0 spiro atoms. The van der Waals surface area contributed by atoms with Gasteiger partial charge in [-0.25, -0.2) is 4.79 Å². The normalized spacial score (nSPS) is 10.7. The minimum atomic E-state index is -0.342. The maximum absolute atomic E-state index is 12.0. The zero-order valence-electron chi connectivity index (χ0n) is 11.7. The molecule has 0 amide bonds. The second kappa shape index (κ2) is 7.11. The monoisotopic (exact) mass is 479 g/mol. The molecular formula is C15H15BrINO2S. The molecule has 2 aromatic rings. The van der Waals surface area contributed by atoms with Crippen molar-refractivity contribution in [2.75, 3.05) is 12.3 Å². The molecule has 2 rings (SSSR count). The number of thiophene rings is 1. The lowest BCUT2D eigenvalue weighted by molar-refractivity contribution is 0.0533. The van der Waals surface area contributed by atoms with E-state index in [1.165, 1.54) is 11.3 Å². The van der Waals surface area contributed by atoms with Crippen LogP contribution in [0.2, 0.25) is 0 Å². The van der Waals surface area contributed by atoms with Crippen molar-refractivity contribution in [1.29, 1.82) is 0 Å². The zero-order chi connectivity index (χ0) is 15.6. The molecule has 0 saturated heterocycles. The highest BCUT2D eigenvalue weighted by atomic mass is 127. The van der Waals surface area contributed by atoms with Gasteiger partial charge in [0.2, 0.25) is 0 Å². The number of esters is 1. The first kappa shape index (κ1) is 16.8. The van der Waals surface area contributed by atoms with Gasteiger partial charge < -0.3 is 10.5 Å². The molecule has 0 aliphatic rings. The number of anilines is 1. The number of halogens is 2. The molecule has 0 atom stereocenters. The van der Waals surface area contributed by atoms with Crippen molar-refractivity contribution in [2.45, 2.75) is 20.3 Å². The number of carbonyl (C=O) groups excluding carboxylic acids is 1. The lowest BCUT2D eigenvalue weighted by Crippen LogP contribution is -2.05. The number of hydrogen-bond donors (Lipinski definition) is 1. The molecule has 3 nitrogen and oxygen atoms in total. The third-order valence-corrected chi connectivity index (χ3v) is 5.73. The van der Waals surface area contributed by atoms with Gasteiger partial charge in [-0.3, -0.25) is 0 Å². The number of nitrogens with two attached hydrogens (primary N) is 1. The Morgan fingerprint density at radius 1 is 1.43 bits per heavy atom. The fourth-order valence-corrected chi connectivity index (χ4v) is 4.45. The van der Waals surface area contributed by atoms with Crippen molar-refractivity contribution in [3.8, 4) is 10.4 Å². The quantitative estimate of drug-likeness (QED) is 0.490. The van der Waals surface area contributed by atoms with Gasteiger partial charge in [-0.2, -0.15) is 0 Å². The summed E-state index contributed by atoms with van der Waals surface area (Å²) in [6.45, 7) is 4.18. The number of benzene rings is 1. The number of carbonyl (C=O) groups is 1. The van der Waals surface area contributed by atoms with Gasteiger partial charge in [-0.05, 0) is 59.7 Å². The third-order valence-electron chi connectivity index (χ3n) is 3.04. The lowest BCUT2D eigenvalue weighted by atomic mass is 10.1. The predicted molar refractivity (Wildman–Crippen MR) is 99.9 cm³/mol. The zero-order valence-corrected chi connectivity index (χ0v) is 16.3. The van der Waals surface area contributed by atoms with E-state index in [9.17, 15) is 4.79 Å². The van der Waals surface area contributed by atoms with Gasteiger partial charge in [0.15, 0.2) is 0 Å². The summed E-state index contributed by atoms with van der Waals surface area (Å²) in [4.78, 5) is 13.6. The Hall–Kier alpha value is -0.600. The van der Waals surface area contributed by atoms with Crippen LogP contribution in [0.4, 0.5) is 5.69 Å². The Balaban J connectivity index is 2.61. The highest BCUT2D eigenvalue weighted by molar-refractivity contribution is 14.1. The molecule has 1 aromatic heterocycles. The van der Waals surface area contributed by atoms with Gasteiger partial charge in [0, 0.05) is 18.5 Å². The fourth-order valence-electron chi connectivity index (χ4n) is 2.07. The van der Waals surface area contributed by atoms with Crippen LogP contribution in [0, 0.1) is 3.57 Å². The Labute approximate surface area is 150 Å². The van der Waals surface area contributed by atoms with Crippen LogP contribution in [0.25, 0.3) is 10.4 Å². The van der Waals surface area contributed by atoms with Gasteiger partial charge in [-0.1, -0.05) is 22.9 Å². The van der Waals surface area contributed by atoms with E-state index in [2.05, 4.69) is 44.6 Å². The van der Waals surface area contributed by atoms with Crippen LogP contribution in [0.15, 0.2) is 22.7 Å². The molecule has 6 heteroatoms. The van der Waals surface area contributed by atoms with E-state index in [1.807, 2.05) is 19.1 Å². The standard InChI is InChI=1S/C15H15BrINO2S/c1-3-9-12(18)14(15(19)20-4-2)21-13(9)10-7-8(16)5-6-11(10)17/h5-7H,3-4,18H2,1-2H3. The van der Waals surface area contributed by atoms with Crippen molar-refractivity contribution in [3.05, 3.63) is 36.7 Å². The molecule has 0 saturated carbocycles. The topological polar surface area (TPSA) is 52.3 Å². The van der Waals surface area contributed by atoms with Crippen LogP contribution in [-0.4, -0.2) is 12.6 Å². The minimum Gasteiger partial charge on any atom is -0.462 e. The van der Waals surface area contributed by atoms with E-state index in [4.69, 9.17) is 10.5 Å². The number of ether oxygens (including phenoxy) is 1. The largest absolute Gasteiger partial charge is 0.462 e. The van der Waals surface area contributed by atoms with E-state index in [0.717, 1.165) is 30.5 Å². The molecule has 112 valence electrons. The van der Waals surface area contributed by atoms with E-state index in [-0.39, 0.29) is 5.97 Å². The van der Waals surface area contributed by atoms with Gasteiger partial charge in [0.05, 0.1) is 12.3 Å². The first-order valence-corrected chi connectivity index (χ1v) is 9.22. The first-order chi connectivity index (χ1) is 9.99.